The highest BCUT2D eigenvalue weighted by Gasteiger charge is 2.20. The predicted octanol–water partition coefficient (Wildman–Crippen LogP) is 3.86. The monoisotopic (exact) mass is 142 g/mol. The maximum absolute atomic E-state index is 2.37. The van der Waals surface area contributed by atoms with Crippen LogP contribution in [0.4, 0.5) is 0 Å². The molecule has 0 spiro atoms. The van der Waals surface area contributed by atoms with Gasteiger partial charge in [0.05, 0.1) is 0 Å². The molecule has 62 valence electrons. The molecule has 0 nitrogen and oxygen atoms in total. The highest BCUT2D eigenvalue weighted by molar-refractivity contribution is 4.71. The van der Waals surface area contributed by atoms with E-state index in [9.17, 15) is 0 Å². The maximum Gasteiger partial charge on any atom is -0.0331 e. The molecule has 0 radical (unpaired) electrons. The highest BCUT2D eigenvalue weighted by Crippen LogP contribution is 2.31. The second-order valence-electron chi connectivity index (χ2n) is 4.25. The van der Waals surface area contributed by atoms with Gasteiger partial charge in [-0.25, -0.2) is 0 Å². The van der Waals surface area contributed by atoms with Gasteiger partial charge in [0.2, 0.25) is 0 Å². The molecule has 0 aliphatic heterocycles. The summed E-state index contributed by atoms with van der Waals surface area (Å²) in [6, 6.07) is 0. The largest absolute Gasteiger partial charge is 0.0654 e. The maximum atomic E-state index is 2.37. The molecule has 0 saturated carbocycles. The van der Waals surface area contributed by atoms with Crippen molar-refractivity contribution in [1.82, 2.24) is 0 Å². The Morgan fingerprint density at radius 3 is 2.00 bits per heavy atom. The molecule has 0 aliphatic rings. The number of hydrogen-bond donors (Lipinski definition) is 0. The third-order valence-electron chi connectivity index (χ3n) is 2.74. The van der Waals surface area contributed by atoms with Gasteiger partial charge in [-0.1, -0.05) is 47.5 Å². The van der Waals surface area contributed by atoms with E-state index in [0.29, 0.717) is 5.41 Å². The minimum Gasteiger partial charge on any atom is -0.0654 e. The summed E-state index contributed by atoms with van der Waals surface area (Å²) in [5.41, 5.74) is 0.552. The van der Waals surface area contributed by atoms with Gasteiger partial charge in [0, 0.05) is 0 Å². The van der Waals surface area contributed by atoms with Crippen LogP contribution in [0.2, 0.25) is 0 Å². The summed E-state index contributed by atoms with van der Waals surface area (Å²) in [7, 11) is 0. The summed E-state index contributed by atoms with van der Waals surface area (Å²) in [5.74, 6) is 0.819. The van der Waals surface area contributed by atoms with E-state index >= 15 is 0 Å². The van der Waals surface area contributed by atoms with Crippen molar-refractivity contribution in [1.29, 1.82) is 0 Å². The van der Waals surface area contributed by atoms with Crippen molar-refractivity contribution in [2.24, 2.45) is 11.3 Å². The van der Waals surface area contributed by atoms with E-state index in [0.717, 1.165) is 5.92 Å². The summed E-state index contributed by atoms with van der Waals surface area (Å²) in [4.78, 5) is 0. The average Bonchev–Trinajstić information content (AvgIpc) is 1.84. The predicted molar refractivity (Wildman–Crippen MR) is 48.1 cm³/mol. The summed E-state index contributed by atoms with van der Waals surface area (Å²) in [6.45, 7) is 11.6. The van der Waals surface area contributed by atoms with Gasteiger partial charge in [-0.3, -0.25) is 0 Å². The lowest BCUT2D eigenvalue weighted by molar-refractivity contribution is 0.223. The van der Waals surface area contributed by atoms with E-state index in [1.165, 1.54) is 19.3 Å². The first-order chi connectivity index (χ1) is 4.50. The van der Waals surface area contributed by atoms with Crippen LogP contribution in [0.25, 0.3) is 0 Å². The zero-order valence-corrected chi connectivity index (χ0v) is 8.20. The summed E-state index contributed by atoms with van der Waals surface area (Å²) in [6.07, 6.45) is 4.09. The number of unbranched alkanes of at least 4 members (excludes halogenated alkanes) is 1. The molecule has 0 heterocycles. The van der Waals surface area contributed by atoms with Crippen molar-refractivity contribution in [3.8, 4) is 0 Å². The molecule has 0 aromatic rings. The molecule has 0 unspecified atom stereocenters. The third-order valence-corrected chi connectivity index (χ3v) is 2.74. The lowest BCUT2D eigenvalue weighted by atomic mass is 9.77. The molecular weight excluding hydrogens is 120 g/mol. The molecule has 10 heavy (non-hydrogen) atoms. The molecule has 0 aromatic heterocycles. The summed E-state index contributed by atoms with van der Waals surface area (Å²) >= 11 is 0. The molecule has 0 aliphatic carbocycles. The molecule has 0 aromatic carbocycles. The van der Waals surface area contributed by atoms with Crippen LogP contribution in [0.5, 0.6) is 0 Å². The highest BCUT2D eigenvalue weighted by atomic mass is 14.3. The number of rotatable bonds is 4. The van der Waals surface area contributed by atoms with Gasteiger partial charge in [-0.15, -0.1) is 0 Å². The van der Waals surface area contributed by atoms with Crippen molar-refractivity contribution in [3.63, 3.8) is 0 Å². The van der Waals surface area contributed by atoms with Gasteiger partial charge in [0.1, 0.15) is 0 Å². The second kappa shape index (κ2) is 4.00. The van der Waals surface area contributed by atoms with Crippen LogP contribution in [0, 0.1) is 11.3 Å². The van der Waals surface area contributed by atoms with Crippen molar-refractivity contribution < 1.29 is 0 Å². The Kier molecular flexibility index (Phi) is 4.00. The lowest BCUT2D eigenvalue weighted by Crippen LogP contribution is -2.18. The second-order valence-corrected chi connectivity index (χ2v) is 4.25. The number of hydrogen-bond acceptors (Lipinski definition) is 0. The molecule has 0 saturated heterocycles. The average molecular weight is 142 g/mol. The first-order valence-electron chi connectivity index (χ1n) is 4.50. The fraction of sp³-hybridized carbons (Fsp3) is 1.00. The normalized spacial score (nSPS) is 12.6. The minimum absolute atomic E-state index is 0.552. The van der Waals surface area contributed by atoms with Crippen LogP contribution in [-0.2, 0) is 0 Å². The Bertz CT molecular complexity index is 80.0. The van der Waals surface area contributed by atoms with Gasteiger partial charge in [0.15, 0.2) is 0 Å². The Morgan fingerprint density at radius 1 is 1.20 bits per heavy atom. The van der Waals surface area contributed by atoms with Crippen LogP contribution >= 0.6 is 0 Å². The van der Waals surface area contributed by atoms with Crippen molar-refractivity contribution in [2.75, 3.05) is 0 Å². The summed E-state index contributed by atoms with van der Waals surface area (Å²) in [5, 5.41) is 0. The van der Waals surface area contributed by atoms with Gasteiger partial charge >= 0.3 is 0 Å². The Labute approximate surface area is 66.0 Å². The van der Waals surface area contributed by atoms with Crippen LogP contribution < -0.4 is 0 Å². The van der Waals surface area contributed by atoms with Crippen molar-refractivity contribution in [2.45, 2.75) is 53.9 Å². The SMILES string of the molecule is CCCCC(C)(C)C(C)C. The molecule has 0 heteroatoms. The van der Waals surface area contributed by atoms with Crippen molar-refractivity contribution in [3.05, 3.63) is 0 Å². The molecule has 0 atom stereocenters. The van der Waals surface area contributed by atoms with Crippen molar-refractivity contribution >= 4 is 0 Å². The fourth-order valence-electron chi connectivity index (χ4n) is 0.921. The van der Waals surface area contributed by atoms with Crippen LogP contribution in [-0.4, -0.2) is 0 Å². The Hall–Kier alpha value is 0. The first kappa shape index (κ1) is 10.0. The molecule has 0 fully saturated rings. The van der Waals surface area contributed by atoms with E-state index in [4.69, 9.17) is 0 Å². The topological polar surface area (TPSA) is 0 Å². The molecule has 0 rings (SSSR count). The van der Waals surface area contributed by atoms with Gasteiger partial charge in [-0.2, -0.15) is 0 Å². The summed E-state index contributed by atoms with van der Waals surface area (Å²) < 4.78 is 0. The standard InChI is InChI=1S/C10H22/c1-6-7-8-10(4,5)9(2)3/h9H,6-8H2,1-5H3. The van der Waals surface area contributed by atoms with E-state index < -0.39 is 0 Å². The molecule has 0 N–H and O–H groups in total. The van der Waals surface area contributed by atoms with E-state index in [1.807, 2.05) is 0 Å². The van der Waals surface area contributed by atoms with Crippen LogP contribution in [0.15, 0.2) is 0 Å². The first-order valence-corrected chi connectivity index (χ1v) is 4.50. The lowest BCUT2D eigenvalue weighted by Gasteiger charge is -2.28. The zero-order chi connectivity index (χ0) is 8.20. The zero-order valence-electron chi connectivity index (χ0n) is 8.20. The van der Waals surface area contributed by atoms with E-state index in [1.54, 1.807) is 0 Å². The fourth-order valence-corrected chi connectivity index (χ4v) is 0.921. The molecule has 0 bridgehead atoms. The van der Waals surface area contributed by atoms with Gasteiger partial charge in [0.25, 0.3) is 0 Å². The minimum atomic E-state index is 0.552. The Balaban J connectivity index is 3.63. The smallest absolute Gasteiger partial charge is 0.0331 e. The van der Waals surface area contributed by atoms with Gasteiger partial charge < -0.3 is 0 Å². The van der Waals surface area contributed by atoms with E-state index in [-0.39, 0.29) is 0 Å². The quantitative estimate of drug-likeness (QED) is 0.559. The molecular formula is C10H22. The Morgan fingerprint density at radius 2 is 1.70 bits per heavy atom. The van der Waals surface area contributed by atoms with Gasteiger partial charge in [-0.05, 0) is 17.8 Å². The molecule has 0 amide bonds. The third kappa shape index (κ3) is 3.24. The van der Waals surface area contributed by atoms with Crippen LogP contribution in [0.1, 0.15) is 53.9 Å². The van der Waals surface area contributed by atoms with E-state index in [2.05, 4.69) is 34.6 Å². The van der Waals surface area contributed by atoms with Crippen LogP contribution in [0.3, 0.4) is 0 Å².